The summed E-state index contributed by atoms with van der Waals surface area (Å²) in [6.07, 6.45) is 105. The van der Waals surface area contributed by atoms with E-state index < -0.39 is 26.5 Å². The molecule has 0 fully saturated rings. The van der Waals surface area contributed by atoms with Crippen LogP contribution >= 0.6 is 7.82 Å². The molecule has 0 aliphatic rings. The van der Waals surface area contributed by atoms with E-state index in [2.05, 4.69) is 123 Å². The number of carbonyl (C=O) groups is 2. The van der Waals surface area contributed by atoms with Gasteiger partial charge >= 0.3 is 11.9 Å². The number of allylic oxidation sites excluding steroid dienone is 18. The summed E-state index contributed by atoms with van der Waals surface area (Å²) in [5, 5.41) is 0. The number of rotatable bonds is 73. The van der Waals surface area contributed by atoms with E-state index in [1.54, 1.807) is 0 Å². The van der Waals surface area contributed by atoms with Gasteiger partial charge in [-0.2, -0.15) is 0 Å². The normalized spacial score (nSPS) is 13.6. The number of quaternary nitrogens is 1. The third kappa shape index (κ3) is 77.7. The molecule has 0 N–H and O–H groups in total. The summed E-state index contributed by atoms with van der Waals surface area (Å²) in [6.45, 7) is 4.06. The SMILES string of the molecule is CC/C=C\C/C=C\C/C=C\C/C=C\C/C=C\CCCCCCCCCCCCCCCCCCCCCCCCCC(=O)OC(COC(=O)CCCCCCCCCCCCCCCCCCCC/C=C\C/C=C\C/C=C\C/C=C\CC)COP(=O)([O-])OCC[N+](C)(C)C. The minimum Gasteiger partial charge on any atom is -0.756 e. The summed E-state index contributed by atoms with van der Waals surface area (Å²) in [7, 11) is 1.18. The Bertz CT molecular complexity index is 1960. The van der Waals surface area contributed by atoms with E-state index >= 15 is 0 Å². The monoisotopic (exact) mass is 1330 g/mol. The lowest BCUT2D eigenvalue weighted by Crippen LogP contribution is -2.37. The van der Waals surface area contributed by atoms with E-state index in [1.165, 1.54) is 231 Å². The van der Waals surface area contributed by atoms with Crippen LogP contribution in [0.1, 0.15) is 361 Å². The first-order valence-corrected chi connectivity index (χ1v) is 41.1. The number of phosphoric acid groups is 1. The summed E-state index contributed by atoms with van der Waals surface area (Å²) in [5.41, 5.74) is 0. The van der Waals surface area contributed by atoms with Crippen LogP contribution in [0.4, 0.5) is 0 Å². The van der Waals surface area contributed by atoms with Gasteiger partial charge in [0, 0.05) is 12.8 Å². The Hall–Kier alpha value is -3.33. The van der Waals surface area contributed by atoms with Crippen LogP contribution in [-0.2, 0) is 32.7 Å². The molecule has 0 saturated heterocycles. The van der Waals surface area contributed by atoms with Gasteiger partial charge in [-0.15, -0.1) is 0 Å². The van der Waals surface area contributed by atoms with Crippen LogP contribution in [-0.4, -0.2) is 70.0 Å². The molecule has 10 heteroatoms. The zero-order chi connectivity index (χ0) is 68.3. The third-order valence-electron chi connectivity index (χ3n) is 17.3. The minimum absolute atomic E-state index is 0.0311. The second kappa shape index (κ2) is 73.9. The van der Waals surface area contributed by atoms with Gasteiger partial charge in [0.15, 0.2) is 6.10 Å². The van der Waals surface area contributed by atoms with Gasteiger partial charge in [-0.25, -0.2) is 0 Å². The van der Waals surface area contributed by atoms with Crippen molar-refractivity contribution in [1.82, 2.24) is 0 Å². The molecule has 0 saturated carbocycles. The Labute approximate surface area is 582 Å². The molecule has 0 aromatic rings. The Morgan fingerprint density at radius 2 is 0.574 bits per heavy atom. The lowest BCUT2D eigenvalue weighted by molar-refractivity contribution is -0.870. The smallest absolute Gasteiger partial charge is 0.306 e. The number of phosphoric ester groups is 1. The van der Waals surface area contributed by atoms with Crippen molar-refractivity contribution < 1.29 is 42.1 Å². The molecule has 544 valence electrons. The van der Waals surface area contributed by atoms with Crippen LogP contribution in [0.5, 0.6) is 0 Å². The lowest BCUT2D eigenvalue weighted by Gasteiger charge is -2.28. The van der Waals surface area contributed by atoms with Crippen molar-refractivity contribution in [3.05, 3.63) is 109 Å². The van der Waals surface area contributed by atoms with Gasteiger partial charge in [0.05, 0.1) is 27.7 Å². The molecule has 0 bridgehead atoms. The first-order valence-electron chi connectivity index (χ1n) is 39.6. The van der Waals surface area contributed by atoms with Gasteiger partial charge in [-0.1, -0.05) is 361 Å². The fourth-order valence-electron chi connectivity index (χ4n) is 11.3. The zero-order valence-electron chi connectivity index (χ0n) is 62.1. The van der Waals surface area contributed by atoms with Crippen molar-refractivity contribution in [1.29, 1.82) is 0 Å². The number of ether oxygens (including phenoxy) is 2. The highest BCUT2D eigenvalue weighted by molar-refractivity contribution is 7.45. The highest BCUT2D eigenvalue weighted by atomic mass is 31.2. The molecule has 0 aromatic heterocycles. The number of hydrogen-bond acceptors (Lipinski definition) is 8. The maximum atomic E-state index is 12.9. The molecule has 0 rings (SSSR count). The molecule has 0 radical (unpaired) electrons. The third-order valence-corrected chi connectivity index (χ3v) is 18.3. The summed E-state index contributed by atoms with van der Waals surface area (Å²) in [5.74, 6) is -0.817. The largest absolute Gasteiger partial charge is 0.756 e. The molecule has 2 atom stereocenters. The van der Waals surface area contributed by atoms with Crippen LogP contribution in [0.2, 0.25) is 0 Å². The van der Waals surface area contributed by atoms with Crippen LogP contribution in [0.25, 0.3) is 0 Å². The molecule has 0 aliphatic heterocycles. The Kier molecular flexibility index (Phi) is 71.3. The van der Waals surface area contributed by atoms with E-state index in [4.69, 9.17) is 18.5 Å². The average Bonchev–Trinajstić information content (AvgIpc) is 1.56. The van der Waals surface area contributed by atoms with Gasteiger partial charge in [-0.3, -0.25) is 14.2 Å². The highest BCUT2D eigenvalue weighted by Crippen LogP contribution is 2.38. The average molecular weight is 1330 g/mol. The number of nitrogens with zero attached hydrogens (tertiary/aromatic N) is 1. The van der Waals surface area contributed by atoms with E-state index in [-0.39, 0.29) is 32.0 Å². The van der Waals surface area contributed by atoms with Crippen molar-refractivity contribution in [3.63, 3.8) is 0 Å². The molecular formula is C84H150NO8P. The summed E-state index contributed by atoms with van der Waals surface area (Å²) in [4.78, 5) is 38.2. The van der Waals surface area contributed by atoms with E-state index in [9.17, 15) is 19.0 Å². The van der Waals surface area contributed by atoms with Crippen LogP contribution in [0.3, 0.4) is 0 Å². The topological polar surface area (TPSA) is 111 Å². The highest BCUT2D eigenvalue weighted by Gasteiger charge is 2.22. The van der Waals surface area contributed by atoms with Crippen molar-refractivity contribution >= 4 is 19.8 Å². The van der Waals surface area contributed by atoms with Gasteiger partial charge in [-0.05, 0) is 96.3 Å². The molecule has 0 spiro atoms. The Morgan fingerprint density at radius 3 is 0.851 bits per heavy atom. The molecule has 94 heavy (non-hydrogen) atoms. The molecule has 0 amide bonds. The minimum atomic E-state index is -4.65. The molecule has 0 aromatic carbocycles. The molecule has 0 aliphatic carbocycles. The first kappa shape index (κ1) is 90.7. The van der Waals surface area contributed by atoms with Gasteiger partial charge < -0.3 is 27.9 Å². The second-order valence-corrected chi connectivity index (χ2v) is 29.1. The van der Waals surface area contributed by atoms with Gasteiger partial charge in [0.25, 0.3) is 7.82 Å². The predicted molar refractivity (Wildman–Crippen MR) is 406 cm³/mol. The molecule has 2 unspecified atom stereocenters. The molecular weight excluding hydrogens is 1180 g/mol. The predicted octanol–water partition coefficient (Wildman–Crippen LogP) is 25.8. The molecule has 9 nitrogen and oxygen atoms in total. The first-order chi connectivity index (χ1) is 46.0. The van der Waals surface area contributed by atoms with Crippen molar-refractivity contribution in [2.75, 3.05) is 47.5 Å². The lowest BCUT2D eigenvalue weighted by atomic mass is 10.0. The molecule has 0 heterocycles. The van der Waals surface area contributed by atoms with E-state index in [0.717, 1.165) is 96.3 Å². The maximum Gasteiger partial charge on any atom is 0.306 e. The van der Waals surface area contributed by atoms with Crippen molar-refractivity contribution in [3.8, 4) is 0 Å². The van der Waals surface area contributed by atoms with Gasteiger partial charge in [0.1, 0.15) is 19.8 Å². The van der Waals surface area contributed by atoms with Crippen molar-refractivity contribution in [2.24, 2.45) is 0 Å². The van der Waals surface area contributed by atoms with Crippen molar-refractivity contribution in [2.45, 2.75) is 367 Å². The number of unbranched alkanes of at least 4 members (excludes halogenated alkanes) is 41. The quantitative estimate of drug-likeness (QED) is 0.0195. The van der Waals surface area contributed by atoms with Crippen LogP contribution in [0, 0.1) is 0 Å². The Morgan fingerprint density at radius 1 is 0.330 bits per heavy atom. The van der Waals surface area contributed by atoms with Gasteiger partial charge in [0.2, 0.25) is 0 Å². The number of carbonyl (C=O) groups excluding carboxylic acids is 2. The van der Waals surface area contributed by atoms with Crippen LogP contribution < -0.4 is 4.89 Å². The number of likely N-dealkylation sites (N-methyl/N-ethyl adjacent to an activating group) is 1. The summed E-state index contributed by atoms with van der Waals surface area (Å²) >= 11 is 0. The standard InChI is InChI=1S/C84H150NO8P/c1-6-8-10-12-14-16-18-20-22-24-26-28-30-32-34-36-38-39-40-41-42-43-44-45-47-49-51-53-55-57-59-61-63-65-67-69-71-73-75-77-84(87)93-82(81-92-94(88,89)91-79-78-85(3,4)5)80-90-83(86)76-74-72-70-68-66-64-62-60-58-56-54-52-50-48-46-37-35-33-31-29-27-25-23-21-19-17-15-13-11-9-7-2/h8-11,14-17,20-23,26-29,32,34,82H,6-7,12-13,18-19,24-25,30-31,33,35-81H2,1-5H3/b10-8-,11-9-,16-14-,17-15-,22-20-,23-21-,28-26-,29-27-,34-32-. The number of hydrogen-bond donors (Lipinski definition) is 0. The van der Waals surface area contributed by atoms with E-state index in [1.807, 2.05) is 21.1 Å². The fraction of sp³-hybridized carbons (Fsp3) is 0.762. The number of esters is 2. The van der Waals surface area contributed by atoms with Crippen LogP contribution in [0.15, 0.2) is 109 Å². The zero-order valence-corrected chi connectivity index (χ0v) is 63.0. The fourth-order valence-corrected chi connectivity index (χ4v) is 12.1. The second-order valence-electron chi connectivity index (χ2n) is 27.7. The maximum absolute atomic E-state index is 12.9. The summed E-state index contributed by atoms with van der Waals surface area (Å²) in [6, 6.07) is 0. The summed E-state index contributed by atoms with van der Waals surface area (Å²) < 4.78 is 34.4. The Balaban J connectivity index is 3.93. The van der Waals surface area contributed by atoms with E-state index in [0.29, 0.717) is 17.4 Å².